The van der Waals surface area contributed by atoms with Crippen LogP contribution in [0.5, 0.6) is 0 Å². The summed E-state index contributed by atoms with van der Waals surface area (Å²) in [6.07, 6.45) is 0. The van der Waals surface area contributed by atoms with Crippen LogP contribution < -0.4 is 0 Å². The van der Waals surface area contributed by atoms with Crippen molar-refractivity contribution in [3.8, 4) is 0 Å². The lowest BCUT2D eigenvalue weighted by atomic mass is 9.97. The van der Waals surface area contributed by atoms with E-state index in [-0.39, 0.29) is 5.17 Å². The second-order valence-electron chi connectivity index (χ2n) is 4.08. The van der Waals surface area contributed by atoms with E-state index < -0.39 is 0 Å². The molecule has 3 aromatic carbocycles. The predicted molar refractivity (Wildman–Crippen MR) is 75.6 cm³/mol. The molecule has 3 heteroatoms. The zero-order valence-corrected chi connectivity index (χ0v) is 10.2. The molecule has 3 rings (SSSR count). The first-order valence-electron chi connectivity index (χ1n) is 5.59. The molecule has 0 aliphatic carbocycles. The molecule has 0 atom stereocenters. The van der Waals surface area contributed by atoms with Crippen LogP contribution in [0.25, 0.3) is 21.5 Å². The maximum absolute atomic E-state index is 8.96. The molecule has 0 radical (unpaired) electrons. The number of halogens is 1. The van der Waals surface area contributed by atoms with Gasteiger partial charge in [0.05, 0.1) is 0 Å². The van der Waals surface area contributed by atoms with E-state index in [1.54, 1.807) is 0 Å². The lowest BCUT2D eigenvalue weighted by Crippen LogP contribution is -1.95. The Balaban J connectivity index is 2.58. The zero-order chi connectivity index (χ0) is 12.5. The number of hydrogen-bond donors (Lipinski definition) is 1. The Hall–Kier alpha value is -2.06. The van der Waals surface area contributed by atoms with E-state index in [4.69, 9.17) is 16.8 Å². The van der Waals surface area contributed by atoms with Gasteiger partial charge in [0.25, 0.3) is 0 Å². The van der Waals surface area contributed by atoms with Crippen LogP contribution in [-0.4, -0.2) is 10.4 Å². The van der Waals surface area contributed by atoms with Crippen molar-refractivity contribution in [2.75, 3.05) is 0 Å². The molecule has 0 unspecified atom stereocenters. The Labute approximate surface area is 109 Å². The minimum absolute atomic E-state index is 0.114. The normalized spacial score (nSPS) is 12.2. The Bertz CT molecular complexity index is 711. The standard InChI is InChI=1S/C15H10ClNO/c16-15(17-18)14-12-7-3-1-5-10(12)9-11-6-2-4-8-13(11)14/h1-9,18H/b17-15-. The summed E-state index contributed by atoms with van der Waals surface area (Å²) < 4.78 is 0. The monoisotopic (exact) mass is 255 g/mol. The van der Waals surface area contributed by atoms with E-state index in [1.165, 1.54) is 0 Å². The summed E-state index contributed by atoms with van der Waals surface area (Å²) in [6, 6.07) is 17.9. The van der Waals surface area contributed by atoms with Gasteiger partial charge in [-0.2, -0.15) is 0 Å². The molecule has 2 nitrogen and oxygen atoms in total. The first kappa shape index (κ1) is 11.1. The molecular formula is C15H10ClNO. The van der Waals surface area contributed by atoms with Crippen molar-refractivity contribution in [2.24, 2.45) is 5.16 Å². The number of oxime groups is 1. The van der Waals surface area contributed by atoms with E-state index in [9.17, 15) is 0 Å². The van der Waals surface area contributed by atoms with Gasteiger partial charge in [0.1, 0.15) is 0 Å². The van der Waals surface area contributed by atoms with Crippen molar-refractivity contribution in [1.29, 1.82) is 0 Å². The summed E-state index contributed by atoms with van der Waals surface area (Å²) in [5.41, 5.74) is 0.771. The number of rotatable bonds is 1. The van der Waals surface area contributed by atoms with E-state index in [2.05, 4.69) is 11.2 Å². The van der Waals surface area contributed by atoms with Crippen LogP contribution in [0.1, 0.15) is 5.56 Å². The molecule has 0 saturated heterocycles. The molecule has 18 heavy (non-hydrogen) atoms. The zero-order valence-electron chi connectivity index (χ0n) is 9.47. The van der Waals surface area contributed by atoms with Gasteiger partial charge in [-0.3, -0.25) is 0 Å². The average Bonchev–Trinajstić information content (AvgIpc) is 2.44. The molecule has 0 aliphatic rings. The molecule has 0 bridgehead atoms. The molecule has 0 aromatic heterocycles. The highest BCUT2D eigenvalue weighted by molar-refractivity contribution is 6.71. The minimum Gasteiger partial charge on any atom is -0.410 e. The molecule has 88 valence electrons. The van der Waals surface area contributed by atoms with Gasteiger partial charge in [-0.15, -0.1) is 0 Å². The maximum Gasteiger partial charge on any atom is 0.176 e. The third-order valence-corrected chi connectivity index (χ3v) is 3.33. The fourth-order valence-electron chi connectivity index (χ4n) is 2.29. The fraction of sp³-hybridized carbons (Fsp3) is 0. The van der Waals surface area contributed by atoms with Gasteiger partial charge < -0.3 is 5.21 Å². The summed E-state index contributed by atoms with van der Waals surface area (Å²) in [7, 11) is 0. The Morgan fingerprint density at radius 3 is 1.89 bits per heavy atom. The van der Waals surface area contributed by atoms with E-state index in [1.807, 2.05) is 48.5 Å². The molecule has 1 N–H and O–H groups in total. The smallest absolute Gasteiger partial charge is 0.176 e. The highest BCUT2D eigenvalue weighted by Crippen LogP contribution is 2.29. The van der Waals surface area contributed by atoms with Crippen molar-refractivity contribution < 1.29 is 5.21 Å². The highest BCUT2D eigenvalue weighted by Gasteiger charge is 2.11. The number of nitrogens with zero attached hydrogens (tertiary/aromatic N) is 1. The maximum atomic E-state index is 8.96. The summed E-state index contributed by atoms with van der Waals surface area (Å²) >= 11 is 6.05. The highest BCUT2D eigenvalue weighted by atomic mass is 35.5. The quantitative estimate of drug-likeness (QED) is 0.298. The van der Waals surface area contributed by atoms with E-state index >= 15 is 0 Å². The van der Waals surface area contributed by atoms with Crippen molar-refractivity contribution in [3.63, 3.8) is 0 Å². The second kappa shape index (κ2) is 4.31. The van der Waals surface area contributed by atoms with Crippen LogP contribution >= 0.6 is 11.6 Å². The third-order valence-electron chi connectivity index (χ3n) is 3.07. The van der Waals surface area contributed by atoms with Crippen LogP contribution in [0.3, 0.4) is 0 Å². The lowest BCUT2D eigenvalue weighted by Gasteiger charge is -2.09. The molecule has 0 spiro atoms. The van der Waals surface area contributed by atoms with Crippen molar-refractivity contribution >= 4 is 38.3 Å². The van der Waals surface area contributed by atoms with Crippen molar-refractivity contribution in [2.45, 2.75) is 0 Å². The molecule has 0 fully saturated rings. The summed E-state index contributed by atoms with van der Waals surface area (Å²) in [5.74, 6) is 0. The number of benzene rings is 3. The fourth-order valence-corrected chi connectivity index (χ4v) is 2.49. The van der Waals surface area contributed by atoms with Gasteiger partial charge in [-0.1, -0.05) is 65.3 Å². The molecule has 0 heterocycles. The minimum atomic E-state index is 0.114. The average molecular weight is 256 g/mol. The van der Waals surface area contributed by atoms with Crippen LogP contribution in [0, 0.1) is 0 Å². The van der Waals surface area contributed by atoms with Crippen molar-refractivity contribution in [3.05, 3.63) is 60.2 Å². The van der Waals surface area contributed by atoms with E-state index in [0.29, 0.717) is 0 Å². The lowest BCUT2D eigenvalue weighted by molar-refractivity contribution is 0.321. The SMILES string of the molecule is O/N=C(\Cl)c1c2ccccc2cc2ccccc12. The van der Waals surface area contributed by atoms with Crippen LogP contribution in [0.2, 0.25) is 0 Å². The van der Waals surface area contributed by atoms with Crippen molar-refractivity contribution in [1.82, 2.24) is 0 Å². The summed E-state index contributed by atoms with van der Waals surface area (Å²) in [4.78, 5) is 0. The first-order chi connectivity index (χ1) is 8.81. The van der Waals surface area contributed by atoms with Gasteiger partial charge in [-0.05, 0) is 27.6 Å². The second-order valence-corrected chi connectivity index (χ2v) is 4.44. The third kappa shape index (κ3) is 1.62. The van der Waals surface area contributed by atoms with Gasteiger partial charge in [0.15, 0.2) is 5.17 Å². The van der Waals surface area contributed by atoms with Crippen LogP contribution in [0.4, 0.5) is 0 Å². The molecular weight excluding hydrogens is 246 g/mol. The molecule has 0 aliphatic heterocycles. The number of fused-ring (bicyclic) bond motifs is 2. The van der Waals surface area contributed by atoms with Gasteiger partial charge in [0, 0.05) is 5.56 Å². The first-order valence-corrected chi connectivity index (χ1v) is 5.97. The van der Waals surface area contributed by atoms with Crippen LogP contribution in [-0.2, 0) is 0 Å². The van der Waals surface area contributed by atoms with Gasteiger partial charge in [-0.25, -0.2) is 0 Å². The number of hydrogen-bond acceptors (Lipinski definition) is 2. The van der Waals surface area contributed by atoms with Crippen LogP contribution in [0.15, 0.2) is 59.8 Å². The van der Waals surface area contributed by atoms with Gasteiger partial charge >= 0.3 is 0 Å². The largest absolute Gasteiger partial charge is 0.410 e. The summed E-state index contributed by atoms with van der Waals surface area (Å²) in [6.45, 7) is 0. The predicted octanol–water partition coefficient (Wildman–Crippen LogP) is 4.37. The van der Waals surface area contributed by atoms with E-state index in [0.717, 1.165) is 27.1 Å². The Morgan fingerprint density at radius 1 is 0.889 bits per heavy atom. The Kier molecular flexibility index (Phi) is 2.65. The topological polar surface area (TPSA) is 32.6 Å². The molecule has 0 saturated carbocycles. The molecule has 3 aromatic rings. The Morgan fingerprint density at radius 2 is 1.39 bits per heavy atom. The summed E-state index contributed by atoms with van der Waals surface area (Å²) in [5, 5.41) is 16.3. The van der Waals surface area contributed by atoms with Gasteiger partial charge in [0.2, 0.25) is 0 Å². The molecule has 0 amide bonds.